The van der Waals surface area contributed by atoms with Crippen LogP contribution in [0.1, 0.15) is 54.4 Å². The quantitative estimate of drug-likeness (QED) is 0.322. The number of hydrogen-bond donors (Lipinski definition) is 1. The SMILES string of the molecule is CCCCOC(=O)COCCc1nc(NCc2ccccc2)c2c3c(sc2n1)CCCC3. The minimum Gasteiger partial charge on any atom is -0.464 e. The van der Waals surface area contributed by atoms with Crippen LogP contribution in [0, 0.1) is 0 Å². The maximum atomic E-state index is 11.7. The number of hydrogen-bond acceptors (Lipinski definition) is 7. The number of unbranched alkanes of at least 4 members (excludes halogenated alkanes) is 1. The van der Waals surface area contributed by atoms with Gasteiger partial charge in [0.1, 0.15) is 23.1 Å². The standard InChI is InChI=1S/C25H31N3O3S/c1-2-3-14-31-22(29)17-30-15-13-21-27-24(26-16-18-9-5-4-6-10-18)23-19-11-7-8-12-20(19)32-25(23)28-21/h4-6,9-10H,2-3,7-8,11-17H2,1H3,(H,26,27,28). The molecule has 1 N–H and O–H groups in total. The van der Waals surface area contributed by atoms with E-state index in [1.54, 1.807) is 11.3 Å². The maximum Gasteiger partial charge on any atom is 0.332 e. The van der Waals surface area contributed by atoms with E-state index < -0.39 is 0 Å². The van der Waals surface area contributed by atoms with Gasteiger partial charge >= 0.3 is 5.97 Å². The van der Waals surface area contributed by atoms with Crippen molar-refractivity contribution in [2.24, 2.45) is 0 Å². The minimum atomic E-state index is -0.314. The van der Waals surface area contributed by atoms with Crippen LogP contribution in [-0.2, 0) is 40.1 Å². The third kappa shape index (κ3) is 5.84. The number of nitrogens with zero attached hydrogens (tertiary/aromatic N) is 2. The second-order valence-corrected chi connectivity index (χ2v) is 9.18. The van der Waals surface area contributed by atoms with E-state index >= 15 is 0 Å². The first-order chi connectivity index (χ1) is 15.7. The maximum absolute atomic E-state index is 11.7. The van der Waals surface area contributed by atoms with Gasteiger partial charge in [-0.05, 0) is 43.2 Å². The summed E-state index contributed by atoms with van der Waals surface area (Å²) in [7, 11) is 0. The zero-order valence-electron chi connectivity index (χ0n) is 18.7. The molecule has 0 saturated heterocycles. The number of fused-ring (bicyclic) bond motifs is 3. The molecule has 2 heterocycles. The molecule has 0 spiro atoms. The van der Waals surface area contributed by atoms with E-state index in [0.29, 0.717) is 19.6 Å². The normalized spacial score (nSPS) is 13.2. The van der Waals surface area contributed by atoms with E-state index in [1.165, 1.54) is 34.2 Å². The van der Waals surface area contributed by atoms with Crippen molar-refractivity contribution in [3.8, 4) is 0 Å². The van der Waals surface area contributed by atoms with E-state index in [2.05, 4.69) is 36.5 Å². The van der Waals surface area contributed by atoms with Crippen LogP contribution in [0.4, 0.5) is 5.82 Å². The van der Waals surface area contributed by atoms with Crippen LogP contribution in [0.3, 0.4) is 0 Å². The molecule has 1 aromatic carbocycles. The molecule has 0 aliphatic heterocycles. The van der Waals surface area contributed by atoms with Crippen molar-refractivity contribution in [2.45, 2.75) is 58.4 Å². The van der Waals surface area contributed by atoms with Gasteiger partial charge in [-0.2, -0.15) is 0 Å². The van der Waals surface area contributed by atoms with Gasteiger partial charge in [0.15, 0.2) is 0 Å². The smallest absolute Gasteiger partial charge is 0.332 e. The predicted octanol–water partition coefficient (Wildman–Crippen LogP) is 5.08. The predicted molar refractivity (Wildman–Crippen MR) is 128 cm³/mol. The highest BCUT2D eigenvalue weighted by Gasteiger charge is 2.21. The number of carbonyl (C=O) groups excluding carboxylic acids is 1. The molecule has 170 valence electrons. The van der Waals surface area contributed by atoms with Crippen LogP contribution < -0.4 is 5.32 Å². The molecule has 1 aliphatic carbocycles. The average Bonchev–Trinajstić information content (AvgIpc) is 3.20. The lowest BCUT2D eigenvalue weighted by Crippen LogP contribution is -2.15. The van der Waals surface area contributed by atoms with Crippen LogP contribution in [0.25, 0.3) is 10.2 Å². The number of thiophene rings is 1. The Labute approximate surface area is 193 Å². The van der Waals surface area contributed by atoms with E-state index in [4.69, 9.17) is 19.4 Å². The van der Waals surface area contributed by atoms with E-state index in [0.717, 1.165) is 48.7 Å². The number of rotatable bonds is 11. The number of esters is 1. The van der Waals surface area contributed by atoms with E-state index in [1.807, 2.05) is 6.07 Å². The third-order valence-electron chi connectivity index (χ3n) is 5.61. The highest BCUT2D eigenvalue weighted by Crippen LogP contribution is 2.38. The first-order valence-electron chi connectivity index (χ1n) is 11.6. The molecule has 0 amide bonds. The molecule has 0 saturated carbocycles. The first kappa shape index (κ1) is 22.7. The summed E-state index contributed by atoms with van der Waals surface area (Å²) >= 11 is 1.80. The van der Waals surface area contributed by atoms with Gasteiger partial charge in [-0.3, -0.25) is 0 Å². The Hall–Kier alpha value is -2.51. The van der Waals surface area contributed by atoms with Gasteiger partial charge in [-0.1, -0.05) is 43.7 Å². The largest absolute Gasteiger partial charge is 0.464 e. The Morgan fingerprint density at radius 3 is 2.81 bits per heavy atom. The number of nitrogens with one attached hydrogen (secondary N) is 1. The second-order valence-electron chi connectivity index (χ2n) is 8.10. The van der Waals surface area contributed by atoms with Crippen LogP contribution in [0.5, 0.6) is 0 Å². The Kier molecular flexibility index (Phi) is 8.07. The van der Waals surface area contributed by atoms with Crippen molar-refractivity contribution in [3.63, 3.8) is 0 Å². The molecule has 0 atom stereocenters. The van der Waals surface area contributed by atoms with E-state index in [-0.39, 0.29) is 12.6 Å². The van der Waals surface area contributed by atoms with Gasteiger partial charge in [-0.25, -0.2) is 14.8 Å². The van der Waals surface area contributed by atoms with Gasteiger partial charge in [0.2, 0.25) is 0 Å². The summed E-state index contributed by atoms with van der Waals surface area (Å²) in [6.07, 6.45) is 7.13. The van der Waals surface area contributed by atoms with Gasteiger partial charge in [-0.15, -0.1) is 11.3 Å². The topological polar surface area (TPSA) is 73.3 Å². The molecule has 0 unspecified atom stereocenters. The Balaban J connectivity index is 1.45. The summed E-state index contributed by atoms with van der Waals surface area (Å²) in [5, 5.41) is 4.74. The molecule has 0 bridgehead atoms. The summed E-state index contributed by atoms with van der Waals surface area (Å²) in [6.45, 7) is 3.60. The number of anilines is 1. The number of aromatic nitrogens is 2. The van der Waals surface area contributed by atoms with Crippen molar-refractivity contribution in [3.05, 3.63) is 52.2 Å². The molecule has 0 radical (unpaired) electrons. The Morgan fingerprint density at radius 2 is 1.97 bits per heavy atom. The highest BCUT2D eigenvalue weighted by molar-refractivity contribution is 7.19. The van der Waals surface area contributed by atoms with Crippen molar-refractivity contribution in [1.82, 2.24) is 9.97 Å². The molecule has 7 heteroatoms. The number of carbonyl (C=O) groups is 1. The second kappa shape index (κ2) is 11.4. The molecule has 2 aromatic heterocycles. The lowest BCUT2D eigenvalue weighted by molar-refractivity contribution is -0.149. The minimum absolute atomic E-state index is 0.0294. The average molecular weight is 454 g/mol. The molecule has 32 heavy (non-hydrogen) atoms. The van der Waals surface area contributed by atoms with Crippen molar-refractivity contribution < 1.29 is 14.3 Å². The molecule has 6 nitrogen and oxygen atoms in total. The van der Waals surface area contributed by atoms with Crippen molar-refractivity contribution in [1.29, 1.82) is 0 Å². The molecule has 0 fully saturated rings. The van der Waals surface area contributed by atoms with E-state index in [9.17, 15) is 4.79 Å². The number of benzene rings is 1. The van der Waals surface area contributed by atoms with Crippen LogP contribution in [-0.4, -0.2) is 35.8 Å². The monoisotopic (exact) mass is 453 g/mol. The Morgan fingerprint density at radius 1 is 1.12 bits per heavy atom. The van der Waals surface area contributed by atoms with Crippen LogP contribution in [0.15, 0.2) is 30.3 Å². The van der Waals surface area contributed by atoms with Gasteiger partial charge in [0, 0.05) is 17.8 Å². The van der Waals surface area contributed by atoms with Gasteiger partial charge < -0.3 is 14.8 Å². The van der Waals surface area contributed by atoms with Crippen molar-refractivity contribution >= 4 is 33.3 Å². The molecule has 3 aromatic rings. The summed E-state index contributed by atoms with van der Waals surface area (Å²) in [5.41, 5.74) is 2.64. The van der Waals surface area contributed by atoms with Crippen LogP contribution >= 0.6 is 11.3 Å². The fraction of sp³-hybridized carbons (Fsp3) is 0.480. The fourth-order valence-electron chi connectivity index (χ4n) is 3.91. The number of aryl methyl sites for hydroxylation is 2. The molecular formula is C25H31N3O3S. The molecule has 1 aliphatic rings. The summed E-state index contributed by atoms with van der Waals surface area (Å²) in [6, 6.07) is 10.4. The van der Waals surface area contributed by atoms with Crippen LogP contribution in [0.2, 0.25) is 0 Å². The van der Waals surface area contributed by atoms with Gasteiger partial charge in [0.25, 0.3) is 0 Å². The molecular weight excluding hydrogens is 422 g/mol. The number of ether oxygens (including phenoxy) is 2. The lowest BCUT2D eigenvalue weighted by Gasteiger charge is -2.13. The Bertz CT molecular complexity index is 1040. The zero-order valence-corrected chi connectivity index (χ0v) is 19.5. The third-order valence-corrected chi connectivity index (χ3v) is 6.80. The first-order valence-corrected chi connectivity index (χ1v) is 12.4. The highest BCUT2D eigenvalue weighted by atomic mass is 32.1. The summed E-state index contributed by atoms with van der Waals surface area (Å²) in [4.78, 5) is 23.9. The molecule has 4 rings (SSSR count). The van der Waals surface area contributed by atoms with Gasteiger partial charge in [0.05, 0.1) is 18.6 Å². The summed E-state index contributed by atoms with van der Waals surface area (Å²) in [5.74, 6) is 1.34. The fourth-order valence-corrected chi connectivity index (χ4v) is 5.19. The lowest BCUT2D eigenvalue weighted by atomic mass is 9.97. The van der Waals surface area contributed by atoms with Crippen molar-refractivity contribution in [2.75, 3.05) is 25.1 Å². The zero-order chi connectivity index (χ0) is 22.2. The summed E-state index contributed by atoms with van der Waals surface area (Å²) < 4.78 is 10.6.